The van der Waals surface area contributed by atoms with Crippen molar-refractivity contribution < 1.29 is 12.8 Å². The molecule has 0 unspecified atom stereocenters. The van der Waals surface area contributed by atoms with Crippen molar-refractivity contribution in [2.24, 2.45) is 7.05 Å². The van der Waals surface area contributed by atoms with Crippen molar-refractivity contribution in [3.63, 3.8) is 0 Å². The molecule has 140 valence electrons. The second-order valence-corrected chi connectivity index (χ2v) is 7.81. The van der Waals surface area contributed by atoms with Crippen LogP contribution >= 0.6 is 0 Å². The summed E-state index contributed by atoms with van der Waals surface area (Å²) in [6, 6.07) is 11.3. The maximum absolute atomic E-state index is 14.2. The fourth-order valence-electron chi connectivity index (χ4n) is 2.79. The third-order valence-corrected chi connectivity index (χ3v) is 5.67. The zero-order valence-corrected chi connectivity index (χ0v) is 16.0. The lowest BCUT2D eigenvalue weighted by atomic mass is 10.1. The summed E-state index contributed by atoms with van der Waals surface area (Å²) < 4.78 is 43.3. The molecule has 0 saturated carbocycles. The number of aryl methyl sites for hydroxylation is 3. The minimum absolute atomic E-state index is 0.0495. The van der Waals surface area contributed by atoms with Crippen LogP contribution in [0.2, 0.25) is 0 Å². The topological polar surface area (TPSA) is 76.9 Å². The van der Waals surface area contributed by atoms with Gasteiger partial charge in [-0.05, 0) is 37.1 Å². The van der Waals surface area contributed by atoms with Gasteiger partial charge in [0.15, 0.2) is 11.6 Å². The van der Waals surface area contributed by atoms with Crippen molar-refractivity contribution in [2.75, 3.05) is 0 Å². The average molecular weight is 386 g/mol. The quantitative estimate of drug-likeness (QED) is 0.731. The van der Waals surface area contributed by atoms with E-state index in [1.54, 1.807) is 51.2 Å². The van der Waals surface area contributed by atoms with Crippen molar-refractivity contribution in [1.82, 2.24) is 19.5 Å². The van der Waals surface area contributed by atoms with E-state index in [4.69, 9.17) is 0 Å². The fraction of sp³-hybridized carbons (Fsp3) is 0.158. The van der Waals surface area contributed by atoms with Crippen LogP contribution in [0.5, 0.6) is 0 Å². The van der Waals surface area contributed by atoms with Crippen LogP contribution in [-0.2, 0) is 17.1 Å². The molecule has 8 heteroatoms. The number of benzene rings is 2. The predicted molar refractivity (Wildman–Crippen MR) is 102 cm³/mol. The Bertz CT molecular complexity index is 1120. The van der Waals surface area contributed by atoms with Gasteiger partial charge in [-0.15, -0.1) is 0 Å². The first-order chi connectivity index (χ1) is 12.7. The Morgan fingerprint density at radius 1 is 1.11 bits per heavy atom. The summed E-state index contributed by atoms with van der Waals surface area (Å²) in [5.41, 5.74) is 1.61. The van der Waals surface area contributed by atoms with Gasteiger partial charge in [0.1, 0.15) is 5.82 Å². The largest absolute Gasteiger partial charge is 0.276 e. The third kappa shape index (κ3) is 3.61. The van der Waals surface area contributed by atoms with Gasteiger partial charge in [0.2, 0.25) is 0 Å². The van der Waals surface area contributed by atoms with Crippen LogP contribution in [-0.4, -0.2) is 23.2 Å². The monoisotopic (exact) mass is 386 g/mol. The molecule has 0 aliphatic rings. The molecule has 0 atom stereocenters. The highest BCUT2D eigenvalue weighted by molar-refractivity contribution is 7.89. The van der Waals surface area contributed by atoms with Crippen LogP contribution in [0.15, 0.2) is 53.9 Å². The lowest BCUT2D eigenvalue weighted by molar-refractivity contribution is 0.590. The first-order valence-electron chi connectivity index (χ1n) is 8.15. The van der Waals surface area contributed by atoms with Gasteiger partial charge < -0.3 is 0 Å². The molecule has 1 N–H and O–H groups in total. The third-order valence-electron chi connectivity index (χ3n) is 4.12. The van der Waals surface area contributed by atoms with E-state index >= 15 is 0 Å². The van der Waals surface area contributed by atoms with E-state index in [1.165, 1.54) is 16.8 Å². The van der Waals surface area contributed by atoms with E-state index in [-0.39, 0.29) is 27.8 Å². The van der Waals surface area contributed by atoms with Crippen molar-refractivity contribution in [3.05, 3.63) is 71.8 Å². The summed E-state index contributed by atoms with van der Waals surface area (Å²) >= 11 is 0. The summed E-state index contributed by atoms with van der Waals surface area (Å²) in [5.74, 6) is -0.0811. The maximum atomic E-state index is 14.2. The lowest BCUT2D eigenvalue weighted by Gasteiger charge is -2.11. The molecule has 27 heavy (non-hydrogen) atoms. The van der Waals surface area contributed by atoms with Crippen LogP contribution < -0.4 is 4.72 Å². The molecule has 1 heterocycles. The molecule has 0 radical (unpaired) electrons. The van der Waals surface area contributed by atoms with Crippen molar-refractivity contribution in [3.8, 4) is 11.4 Å². The van der Waals surface area contributed by atoms with Crippen LogP contribution in [0.25, 0.3) is 17.1 Å². The number of nitrogens with zero attached hydrogens (tertiary/aromatic N) is 3. The first-order valence-corrected chi connectivity index (χ1v) is 9.63. The summed E-state index contributed by atoms with van der Waals surface area (Å²) in [5, 5.41) is 4.21. The SMILES string of the molecule is C=C(NS(=O)(=O)c1ccccc1C)c1nc(-c2c(C)cccc2F)nn1C. The Balaban J connectivity index is 1.95. The zero-order valence-electron chi connectivity index (χ0n) is 15.2. The zero-order chi connectivity index (χ0) is 19.8. The van der Waals surface area contributed by atoms with Gasteiger partial charge in [-0.1, -0.05) is 36.9 Å². The van der Waals surface area contributed by atoms with Gasteiger partial charge in [0, 0.05) is 7.05 Å². The average Bonchev–Trinajstić information content (AvgIpc) is 2.96. The highest BCUT2D eigenvalue weighted by atomic mass is 32.2. The second kappa shape index (κ2) is 6.96. The van der Waals surface area contributed by atoms with Crippen LogP contribution in [0.1, 0.15) is 17.0 Å². The summed E-state index contributed by atoms with van der Waals surface area (Å²) in [6.07, 6.45) is 0. The Hall–Kier alpha value is -3.00. The number of nitrogens with one attached hydrogen (secondary N) is 1. The molecule has 3 aromatic rings. The highest BCUT2D eigenvalue weighted by Gasteiger charge is 2.21. The Morgan fingerprint density at radius 3 is 2.44 bits per heavy atom. The molecule has 0 aliphatic carbocycles. The lowest BCUT2D eigenvalue weighted by Crippen LogP contribution is -2.24. The van der Waals surface area contributed by atoms with Crippen molar-refractivity contribution >= 4 is 15.7 Å². The molecule has 0 fully saturated rings. The van der Waals surface area contributed by atoms with E-state index < -0.39 is 15.8 Å². The molecule has 0 aliphatic heterocycles. The maximum Gasteiger partial charge on any atom is 0.262 e. The minimum atomic E-state index is -3.83. The molecule has 3 rings (SSSR count). The Labute approximate surface area is 157 Å². The van der Waals surface area contributed by atoms with Gasteiger partial charge in [-0.25, -0.2) is 22.5 Å². The molecule has 1 aromatic heterocycles. The second-order valence-electron chi connectivity index (χ2n) is 6.16. The standard InChI is InChI=1S/C19H19FN4O2S/c1-12-8-5-6-11-16(12)27(25,26)23-14(3)19-21-18(22-24(19)4)17-13(2)9-7-10-15(17)20/h5-11,23H,3H2,1-2,4H3. The molecule has 0 spiro atoms. The van der Waals surface area contributed by atoms with Crippen LogP contribution in [0, 0.1) is 19.7 Å². The van der Waals surface area contributed by atoms with Gasteiger partial charge >= 0.3 is 0 Å². The van der Waals surface area contributed by atoms with Gasteiger partial charge in [0.25, 0.3) is 10.0 Å². The van der Waals surface area contributed by atoms with Gasteiger partial charge in [-0.3, -0.25) is 4.72 Å². The molecular formula is C19H19FN4O2S. The van der Waals surface area contributed by atoms with E-state index in [0.29, 0.717) is 11.1 Å². The van der Waals surface area contributed by atoms with Crippen LogP contribution in [0.3, 0.4) is 0 Å². The summed E-state index contributed by atoms with van der Waals surface area (Å²) in [6.45, 7) is 7.23. The molecule has 2 aromatic carbocycles. The number of halogens is 1. The Kier molecular flexibility index (Phi) is 4.84. The number of aromatic nitrogens is 3. The van der Waals surface area contributed by atoms with Gasteiger partial charge in [0.05, 0.1) is 16.2 Å². The number of hydrogen-bond acceptors (Lipinski definition) is 4. The smallest absolute Gasteiger partial charge is 0.262 e. The normalized spacial score (nSPS) is 11.4. The number of hydrogen-bond donors (Lipinski definition) is 1. The van der Waals surface area contributed by atoms with E-state index in [1.807, 2.05) is 0 Å². The summed E-state index contributed by atoms with van der Waals surface area (Å²) in [7, 11) is -2.24. The predicted octanol–water partition coefficient (Wildman–Crippen LogP) is 3.19. The van der Waals surface area contributed by atoms with Crippen molar-refractivity contribution in [1.29, 1.82) is 0 Å². The highest BCUT2D eigenvalue weighted by Crippen LogP contribution is 2.25. The molecule has 0 bridgehead atoms. The number of rotatable bonds is 5. The first kappa shape index (κ1) is 18.8. The van der Waals surface area contributed by atoms with E-state index in [9.17, 15) is 12.8 Å². The van der Waals surface area contributed by atoms with Crippen molar-refractivity contribution in [2.45, 2.75) is 18.7 Å². The fourth-order valence-corrected chi connectivity index (χ4v) is 4.06. The van der Waals surface area contributed by atoms with E-state index in [0.717, 1.165) is 0 Å². The molecule has 0 saturated heterocycles. The minimum Gasteiger partial charge on any atom is -0.276 e. The van der Waals surface area contributed by atoms with Crippen LogP contribution in [0.4, 0.5) is 4.39 Å². The molecule has 6 nitrogen and oxygen atoms in total. The number of sulfonamides is 1. The van der Waals surface area contributed by atoms with E-state index in [2.05, 4.69) is 21.4 Å². The molecule has 0 amide bonds. The van der Waals surface area contributed by atoms with Gasteiger partial charge in [-0.2, -0.15) is 5.10 Å². The molecular weight excluding hydrogens is 367 g/mol. The Morgan fingerprint density at radius 2 is 1.78 bits per heavy atom. The summed E-state index contributed by atoms with van der Waals surface area (Å²) in [4.78, 5) is 4.44.